The lowest BCUT2D eigenvalue weighted by Crippen LogP contribution is -2.24. The lowest BCUT2D eigenvalue weighted by Gasteiger charge is -2.10. The van der Waals surface area contributed by atoms with Crippen LogP contribution in [0.25, 0.3) is 0 Å². The van der Waals surface area contributed by atoms with Gasteiger partial charge in [-0.15, -0.1) is 0 Å². The van der Waals surface area contributed by atoms with Crippen molar-refractivity contribution >= 4 is 21.6 Å². The van der Waals surface area contributed by atoms with Crippen molar-refractivity contribution in [2.45, 2.75) is 31.6 Å². The molecular formula is C12H18ClNO3S. The first-order chi connectivity index (χ1) is 8.51. The molecule has 0 aromatic heterocycles. The van der Waals surface area contributed by atoms with Gasteiger partial charge in [0.15, 0.2) is 0 Å². The molecule has 0 aliphatic heterocycles. The first-order valence-corrected chi connectivity index (χ1v) is 7.79. The Balaban J connectivity index is 2.96. The number of benzene rings is 1. The Hall–Kier alpha value is -0.780. The van der Waals surface area contributed by atoms with Gasteiger partial charge >= 0.3 is 0 Å². The largest absolute Gasteiger partial charge is 0.492 e. The highest BCUT2D eigenvalue weighted by Gasteiger charge is 2.15. The maximum atomic E-state index is 11.9. The quantitative estimate of drug-likeness (QED) is 0.840. The summed E-state index contributed by atoms with van der Waals surface area (Å²) in [5.41, 5.74) is 0. The molecule has 0 saturated heterocycles. The van der Waals surface area contributed by atoms with Gasteiger partial charge in [0.05, 0.1) is 16.5 Å². The average molecular weight is 292 g/mol. The van der Waals surface area contributed by atoms with Crippen molar-refractivity contribution in [2.75, 3.05) is 13.2 Å². The van der Waals surface area contributed by atoms with Crippen LogP contribution in [0, 0.1) is 0 Å². The zero-order valence-corrected chi connectivity index (χ0v) is 12.1. The minimum atomic E-state index is -3.48. The van der Waals surface area contributed by atoms with Crippen LogP contribution in [-0.2, 0) is 10.0 Å². The van der Waals surface area contributed by atoms with Crippen molar-refractivity contribution in [3.05, 3.63) is 23.2 Å². The van der Waals surface area contributed by atoms with E-state index in [1.807, 2.05) is 13.8 Å². The third-order valence-corrected chi connectivity index (χ3v) is 3.99. The molecule has 0 spiro atoms. The SMILES string of the molecule is CCCNS(=O)(=O)c1ccc(Cl)c(OCCC)c1. The van der Waals surface area contributed by atoms with Gasteiger partial charge in [0, 0.05) is 12.6 Å². The molecule has 0 unspecified atom stereocenters. The fraction of sp³-hybridized carbons (Fsp3) is 0.500. The molecular weight excluding hydrogens is 274 g/mol. The van der Waals surface area contributed by atoms with Gasteiger partial charge in [-0.1, -0.05) is 25.4 Å². The van der Waals surface area contributed by atoms with Gasteiger partial charge in [-0.2, -0.15) is 0 Å². The topological polar surface area (TPSA) is 55.4 Å². The van der Waals surface area contributed by atoms with Crippen LogP contribution in [0.3, 0.4) is 0 Å². The highest BCUT2D eigenvalue weighted by Crippen LogP contribution is 2.27. The van der Waals surface area contributed by atoms with Crippen molar-refractivity contribution in [1.82, 2.24) is 4.72 Å². The van der Waals surface area contributed by atoms with E-state index in [4.69, 9.17) is 16.3 Å². The molecule has 0 saturated carbocycles. The van der Waals surface area contributed by atoms with E-state index in [1.54, 1.807) is 0 Å². The summed E-state index contributed by atoms with van der Waals surface area (Å²) in [5.74, 6) is 0.401. The van der Waals surface area contributed by atoms with Gasteiger partial charge in [0.2, 0.25) is 10.0 Å². The molecule has 6 heteroatoms. The highest BCUT2D eigenvalue weighted by molar-refractivity contribution is 7.89. The zero-order valence-electron chi connectivity index (χ0n) is 10.6. The Bertz CT molecular complexity index is 488. The smallest absolute Gasteiger partial charge is 0.240 e. The van der Waals surface area contributed by atoms with Crippen LogP contribution < -0.4 is 9.46 Å². The third-order valence-electron chi connectivity index (χ3n) is 2.22. The van der Waals surface area contributed by atoms with Crippen LogP contribution in [-0.4, -0.2) is 21.6 Å². The van der Waals surface area contributed by atoms with Crippen molar-refractivity contribution in [1.29, 1.82) is 0 Å². The molecule has 102 valence electrons. The zero-order chi connectivity index (χ0) is 13.6. The van der Waals surface area contributed by atoms with Gasteiger partial charge < -0.3 is 4.74 Å². The summed E-state index contributed by atoms with van der Waals surface area (Å²) in [6, 6.07) is 4.46. The first-order valence-electron chi connectivity index (χ1n) is 5.93. The van der Waals surface area contributed by atoms with Crippen molar-refractivity contribution in [2.24, 2.45) is 0 Å². The summed E-state index contributed by atoms with van der Waals surface area (Å²) in [6.45, 7) is 4.79. The number of hydrogen-bond acceptors (Lipinski definition) is 3. The van der Waals surface area contributed by atoms with E-state index in [0.29, 0.717) is 23.9 Å². The fourth-order valence-corrected chi connectivity index (χ4v) is 2.61. The lowest BCUT2D eigenvalue weighted by atomic mass is 10.3. The van der Waals surface area contributed by atoms with Crippen molar-refractivity contribution in [3.63, 3.8) is 0 Å². The predicted octanol–water partition coefficient (Wildman–Crippen LogP) is 2.82. The monoisotopic (exact) mass is 291 g/mol. The van der Waals surface area contributed by atoms with Crippen molar-refractivity contribution in [3.8, 4) is 5.75 Å². The van der Waals surface area contributed by atoms with Crippen molar-refractivity contribution < 1.29 is 13.2 Å². The van der Waals surface area contributed by atoms with E-state index in [-0.39, 0.29) is 4.90 Å². The summed E-state index contributed by atoms with van der Waals surface area (Å²) in [5, 5.41) is 0.415. The Kier molecular flexibility index (Phi) is 5.91. The van der Waals surface area contributed by atoms with Gasteiger partial charge in [-0.3, -0.25) is 0 Å². The molecule has 4 nitrogen and oxygen atoms in total. The second-order valence-corrected chi connectivity index (χ2v) is 6.01. The van der Waals surface area contributed by atoms with Crippen LogP contribution >= 0.6 is 11.6 Å². The Morgan fingerprint density at radius 1 is 1.28 bits per heavy atom. The minimum absolute atomic E-state index is 0.173. The summed E-state index contributed by atoms with van der Waals surface area (Å²) in [6.07, 6.45) is 1.58. The van der Waals surface area contributed by atoms with Crippen LogP contribution in [0.2, 0.25) is 5.02 Å². The molecule has 1 aromatic carbocycles. The summed E-state index contributed by atoms with van der Waals surface area (Å²) in [7, 11) is -3.48. The summed E-state index contributed by atoms with van der Waals surface area (Å²) < 4.78 is 31.7. The van der Waals surface area contributed by atoms with E-state index in [2.05, 4.69) is 4.72 Å². The van der Waals surface area contributed by atoms with Crippen LogP contribution in [0.1, 0.15) is 26.7 Å². The molecule has 1 rings (SSSR count). The molecule has 0 radical (unpaired) electrons. The van der Waals surface area contributed by atoms with Gasteiger partial charge in [-0.05, 0) is 25.0 Å². The molecule has 0 fully saturated rings. The predicted molar refractivity (Wildman–Crippen MR) is 72.7 cm³/mol. The summed E-state index contributed by atoms with van der Waals surface area (Å²) in [4.78, 5) is 0.173. The number of hydrogen-bond donors (Lipinski definition) is 1. The van der Waals surface area contributed by atoms with E-state index in [9.17, 15) is 8.42 Å². The highest BCUT2D eigenvalue weighted by atomic mass is 35.5. The average Bonchev–Trinajstić information content (AvgIpc) is 2.35. The maximum Gasteiger partial charge on any atom is 0.240 e. The Labute approximate surface area is 113 Å². The van der Waals surface area contributed by atoms with Crippen LogP contribution in [0.15, 0.2) is 23.1 Å². The minimum Gasteiger partial charge on any atom is -0.492 e. The molecule has 0 bridgehead atoms. The molecule has 1 N–H and O–H groups in total. The van der Waals surface area contributed by atoms with Gasteiger partial charge in [-0.25, -0.2) is 13.1 Å². The first kappa shape index (κ1) is 15.3. The normalized spacial score (nSPS) is 11.5. The fourth-order valence-electron chi connectivity index (χ4n) is 1.29. The molecule has 1 aromatic rings. The number of rotatable bonds is 7. The van der Waals surface area contributed by atoms with Crippen LogP contribution in [0.5, 0.6) is 5.75 Å². The molecule has 0 aliphatic rings. The Morgan fingerprint density at radius 3 is 2.61 bits per heavy atom. The number of halogens is 1. The summed E-state index contributed by atoms with van der Waals surface area (Å²) >= 11 is 5.95. The standard InChI is InChI=1S/C12H18ClNO3S/c1-3-7-14-18(15,16)10-5-6-11(13)12(9-10)17-8-4-2/h5-6,9,14H,3-4,7-8H2,1-2H3. The number of nitrogens with one attached hydrogen (secondary N) is 1. The van der Waals surface area contributed by atoms with Gasteiger partial charge in [0.25, 0.3) is 0 Å². The molecule has 0 heterocycles. The molecule has 0 amide bonds. The number of ether oxygens (including phenoxy) is 1. The third kappa shape index (κ3) is 4.15. The second kappa shape index (κ2) is 6.97. The number of sulfonamides is 1. The van der Waals surface area contributed by atoms with E-state index >= 15 is 0 Å². The molecule has 0 atom stereocenters. The lowest BCUT2D eigenvalue weighted by molar-refractivity contribution is 0.317. The Morgan fingerprint density at radius 2 is 2.00 bits per heavy atom. The molecule has 18 heavy (non-hydrogen) atoms. The van der Waals surface area contributed by atoms with E-state index in [1.165, 1.54) is 18.2 Å². The second-order valence-electron chi connectivity index (χ2n) is 3.84. The molecule has 0 aliphatic carbocycles. The van der Waals surface area contributed by atoms with E-state index in [0.717, 1.165) is 12.8 Å². The van der Waals surface area contributed by atoms with E-state index < -0.39 is 10.0 Å². The van der Waals surface area contributed by atoms with Gasteiger partial charge in [0.1, 0.15) is 5.75 Å². The van der Waals surface area contributed by atoms with Crippen LogP contribution in [0.4, 0.5) is 0 Å². The maximum absolute atomic E-state index is 11.9.